The predicted molar refractivity (Wildman–Crippen MR) is 93.1 cm³/mol. The SMILES string of the molecule is Cl.Cl.NCC(=O)NCC(=O)Nc1cccc(N2CCCC2)c1. The summed E-state index contributed by atoms with van der Waals surface area (Å²) in [5, 5.41) is 5.20. The van der Waals surface area contributed by atoms with Crippen LogP contribution in [0, 0.1) is 0 Å². The van der Waals surface area contributed by atoms with Gasteiger partial charge in [0.05, 0.1) is 13.1 Å². The summed E-state index contributed by atoms with van der Waals surface area (Å²) < 4.78 is 0. The maximum atomic E-state index is 11.7. The lowest BCUT2D eigenvalue weighted by Gasteiger charge is -2.18. The van der Waals surface area contributed by atoms with Crippen molar-refractivity contribution >= 4 is 48.0 Å². The van der Waals surface area contributed by atoms with Crippen molar-refractivity contribution in [2.45, 2.75) is 12.8 Å². The van der Waals surface area contributed by atoms with Crippen LogP contribution in [0.4, 0.5) is 11.4 Å². The van der Waals surface area contributed by atoms with Crippen LogP contribution in [0.3, 0.4) is 0 Å². The second-order valence-corrected chi connectivity index (χ2v) is 4.77. The van der Waals surface area contributed by atoms with Crippen molar-refractivity contribution in [1.29, 1.82) is 0 Å². The van der Waals surface area contributed by atoms with Crippen LogP contribution in [-0.4, -0.2) is 38.0 Å². The van der Waals surface area contributed by atoms with Gasteiger partial charge in [-0.25, -0.2) is 0 Å². The van der Waals surface area contributed by atoms with Crippen molar-refractivity contribution in [1.82, 2.24) is 5.32 Å². The van der Waals surface area contributed by atoms with E-state index >= 15 is 0 Å². The van der Waals surface area contributed by atoms with E-state index in [1.807, 2.05) is 24.3 Å². The molecule has 1 aliphatic heterocycles. The highest BCUT2D eigenvalue weighted by Crippen LogP contribution is 2.23. The van der Waals surface area contributed by atoms with Crippen LogP contribution in [0.1, 0.15) is 12.8 Å². The quantitative estimate of drug-likeness (QED) is 0.744. The second kappa shape index (κ2) is 10.3. The molecule has 0 radical (unpaired) electrons. The van der Waals surface area contributed by atoms with E-state index in [0.29, 0.717) is 0 Å². The van der Waals surface area contributed by atoms with Crippen molar-refractivity contribution in [3.63, 3.8) is 0 Å². The lowest BCUT2D eigenvalue weighted by Crippen LogP contribution is -2.36. The minimum atomic E-state index is -0.342. The number of nitrogens with zero attached hydrogens (tertiary/aromatic N) is 1. The van der Waals surface area contributed by atoms with Crippen LogP contribution < -0.4 is 21.3 Å². The molecule has 0 atom stereocenters. The van der Waals surface area contributed by atoms with E-state index < -0.39 is 0 Å². The smallest absolute Gasteiger partial charge is 0.243 e. The molecule has 1 fully saturated rings. The Kier molecular flexibility index (Phi) is 9.56. The maximum Gasteiger partial charge on any atom is 0.243 e. The molecule has 0 aromatic heterocycles. The Labute approximate surface area is 142 Å². The second-order valence-electron chi connectivity index (χ2n) is 4.77. The molecule has 124 valence electrons. The molecular weight excluding hydrogens is 327 g/mol. The van der Waals surface area contributed by atoms with Gasteiger partial charge in [0.15, 0.2) is 0 Å². The number of hydrogen-bond acceptors (Lipinski definition) is 4. The van der Waals surface area contributed by atoms with E-state index in [0.717, 1.165) is 24.5 Å². The first kappa shape index (κ1) is 20.5. The molecule has 0 saturated carbocycles. The van der Waals surface area contributed by atoms with E-state index in [-0.39, 0.29) is 49.7 Å². The van der Waals surface area contributed by atoms with Gasteiger partial charge in [-0.1, -0.05) is 6.07 Å². The molecule has 2 amide bonds. The van der Waals surface area contributed by atoms with Crippen molar-refractivity contribution in [3.8, 4) is 0 Å². The first-order chi connectivity index (χ1) is 9.69. The molecule has 1 aliphatic rings. The van der Waals surface area contributed by atoms with Crippen LogP contribution >= 0.6 is 24.8 Å². The third-order valence-electron chi connectivity index (χ3n) is 3.23. The summed E-state index contributed by atoms with van der Waals surface area (Å²) in [4.78, 5) is 25.0. The van der Waals surface area contributed by atoms with Crippen molar-refractivity contribution < 1.29 is 9.59 Å². The van der Waals surface area contributed by atoms with E-state index in [9.17, 15) is 9.59 Å². The molecule has 8 heteroatoms. The fraction of sp³-hybridized carbons (Fsp3) is 0.429. The first-order valence-electron chi connectivity index (χ1n) is 6.80. The molecule has 22 heavy (non-hydrogen) atoms. The number of benzene rings is 1. The highest BCUT2D eigenvalue weighted by molar-refractivity contribution is 5.95. The minimum Gasteiger partial charge on any atom is -0.371 e. The van der Waals surface area contributed by atoms with Crippen LogP contribution in [0.25, 0.3) is 0 Å². The summed E-state index contributed by atoms with van der Waals surface area (Å²) in [5.41, 5.74) is 7.01. The zero-order valence-corrected chi connectivity index (χ0v) is 13.8. The topological polar surface area (TPSA) is 87.5 Å². The highest BCUT2D eigenvalue weighted by atomic mass is 35.5. The van der Waals surface area contributed by atoms with Crippen LogP contribution in [0.15, 0.2) is 24.3 Å². The molecule has 4 N–H and O–H groups in total. The van der Waals surface area contributed by atoms with Crippen molar-refractivity contribution in [2.24, 2.45) is 5.73 Å². The van der Waals surface area contributed by atoms with Crippen molar-refractivity contribution in [3.05, 3.63) is 24.3 Å². The Morgan fingerprint density at radius 1 is 1.14 bits per heavy atom. The molecule has 1 aromatic rings. The molecule has 1 aromatic carbocycles. The number of anilines is 2. The van der Waals surface area contributed by atoms with Gasteiger partial charge in [-0.3, -0.25) is 9.59 Å². The third kappa shape index (κ3) is 6.09. The lowest BCUT2D eigenvalue weighted by molar-refractivity contribution is -0.123. The molecule has 2 rings (SSSR count). The Bertz CT molecular complexity index is 493. The number of nitrogens with two attached hydrogens (primary N) is 1. The summed E-state index contributed by atoms with van der Waals surface area (Å²) in [7, 11) is 0. The summed E-state index contributed by atoms with van der Waals surface area (Å²) >= 11 is 0. The van der Waals surface area contributed by atoms with E-state index in [1.165, 1.54) is 12.8 Å². The van der Waals surface area contributed by atoms with Gasteiger partial charge in [-0.15, -0.1) is 24.8 Å². The Balaban J connectivity index is 0.00000220. The van der Waals surface area contributed by atoms with E-state index in [2.05, 4.69) is 15.5 Å². The number of carbonyl (C=O) groups excluding carboxylic acids is 2. The minimum absolute atomic E-state index is 0. The van der Waals surface area contributed by atoms with Crippen LogP contribution in [0.2, 0.25) is 0 Å². The molecule has 0 aliphatic carbocycles. The standard InChI is InChI=1S/C14H20N4O2.2ClH/c15-9-13(19)16-10-14(20)17-11-4-3-5-12(8-11)18-6-1-2-7-18;;/h3-5,8H,1-2,6-7,9-10,15H2,(H,16,19)(H,17,20);2*1H. The van der Waals surface area contributed by atoms with Gasteiger partial charge >= 0.3 is 0 Å². The average Bonchev–Trinajstić information content (AvgIpc) is 2.99. The lowest BCUT2D eigenvalue weighted by atomic mass is 10.2. The van der Waals surface area contributed by atoms with Gasteiger partial charge in [-0.2, -0.15) is 0 Å². The molecule has 0 bridgehead atoms. The summed E-state index contributed by atoms with van der Waals surface area (Å²) in [5.74, 6) is -0.601. The Hall–Kier alpha value is -1.50. The van der Waals surface area contributed by atoms with Gasteiger partial charge < -0.3 is 21.3 Å². The molecule has 1 saturated heterocycles. The highest BCUT2D eigenvalue weighted by Gasteiger charge is 2.12. The average molecular weight is 349 g/mol. The third-order valence-corrected chi connectivity index (χ3v) is 3.23. The summed E-state index contributed by atoms with van der Waals surface area (Å²) in [6.07, 6.45) is 2.42. The number of amides is 2. The largest absolute Gasteiger partial charge is 0.371 e. The maximum absolute atomic E-state index is 11.7. The van der Waals surface area contributed by atoms with Crippen LogP contribution in [0.5, 0.6) is 0 Å². The first-order valence-corrected chi connectivity index (χ1v) is 6.80. The van der Waals surface area contributed by atoms with Crippen LogP contribution in [-0.2, 0) is 9.59 Å². The Morgan fingerprint density at radius 2 is 1.82 bits per heavy atom. The van der Waals surface area contributed by atoms with Crippen molar-refractivity contribution in [2.75, 3.05) is 36.4 Å². The Morgan fingerprint density at radius 3 is 2.45 bits per heavy atom. The number of rotatable bonds is 5. The van der Waals surface area contributed by atoms with Gasteiger partial charge in [0.25, 0.3) is 0 Å². The molecule has 0 spiro atoms. The normalized spacial score (nSPS) is 12.9. The molecule has 6 nitrogen and oxygen atoms in total. The van der Waals surface area contributed by atoms with Gasteiger partial charge in [0, 0.05) is 24.5 Å². The number of hydrogen-bond donors (Lipinski definition) is 3. The zero-order chi connectivity index (χ0) is 14.4. The fourth-order valence-electron chi connectivity index (χ4n) is 2.21. The van der Waals surface area contributed by atoms with Gasteiger partial charge in [0.2, 0.25) is 11.8 Å². The fourth-order valence-corrected chi connectivity index (χ4v) is 2.21. The van der Waals surface area contributed by atoms with Gasteiger partial charge in [-0.05, 0) is 31.0 Å². The summed E-state index contributed by atoms with van der Waals surface area (Å²) in [6.45, 7) is 1.94. The van der Waals surface area contributed by atoms with E-state index in [1.54, 1.807) is 0 Å². The zero-order valence-electron chi connectivity index (χ0n) is 12.2. The predicted octanol–water partition coefficient (Wildman–Crippen LogP) is 1.14. The van der Waals surface area contributed by atoms with E-state index in [4.69, 9.17) is 5.73 Å². The molecular formula is C14H22Cl2N4O2. The number of nitrogens with one attached hydrogen (secondary N) is 2. The summed E-state index contributed by atoms with van der Waals surface area (Å²) in [6, 6.07) is 7.75. The molecule has 0 unspecified atom stereocenters. The van der Waals surface area contributed by atoms with Gasteiger partial charge in [0.1, 0.15) is 0 Å². The number of carbonyl (C=O) groups is 2. The monoisotopic (exact) mass is 348 g/mol. The molecule has 1 heterocycles. The number of halogens is 2.